The molecule has 3 aromatic carbocycles. The maximum absolute atomic E-state index is 13.2. The van der Waals surface area contributed by atoms with Gasteiger partial charge in [-0.15, -0.1) is 0 Å². The summed E-state index contributed by atoms with van der Waals surface area (Å²) in [5, 5.41) is 3.48. The zero-order valence-corrected chi connectivity index (χ0v) is 21.1. The van der Waals surface area contributed by atoms with Crippen LogP contribution in [-0.2, 0) is 23.1 Å². The number of benzene rings is 3. The van der Waals surface area contributed by atoms with E-state index in [0.29, 0.717) is 6.04 Å². The molecule has 0 saturated carbocycles. The van der Waals surface area contributed by atoms with E-state index in [0.717, 1.165) is 56.6 Å². The molecule has 1 unspecified atom stereocenters. The van der Waals surface area contributed by atoms with Gasteiger partial charge in [0.25, 0.3) is 0 Å². The third-order valence-electron chi connectivity index (χ3n) is 7.44. The van der Waals surface area contributed by atoms with Gasteiger partial charge < -0.3 is 16.0 Å². The highest BCUT2D eigenvalue weighted by Crippen LogP contribution is 2.43. The number of nitrogens with zero attached hydrogens (tertiary/aromatic N) is 1. The summed E-state index contributed by atoms with van der Waals surface area (Å²) in [5.74, 6) is -0.120. The molecule has 184 valence electrons. The van der Waals surface area contributed by atoms with Crippen molar-refractivity contribution in [1.29, 1.82) is 0 Å². The second-order valence-corrected chi connectivity index (χ2v) is 10.1. The molecular formula is C31H39N3O. The van der Waals surface area contributed by atoms with Gasteiger partial charge in [-0.3, -0.25) is 4.79 Å². The van der Waals surface area contributed by atoms with Gasteiger partial charge in [-0.05, 0) is 60.5 Å². The smallest absolute Gasteiger partial charge is 0.232 e. The summed E-state index contributed by atoms with van der Waals surface area (Å²) < 4.78 is 0. The summed E-state index contributed by atoms with van der Waals surface area (Å²) in [6, 6.07) is 29.8. The minimum Gasteiger partial charge on any atom is -0.369 e. The average molecular weight is 470 g/mol. The Morgan fingerprint density at radius 1 is 0.914 bits per heavy atom. The van der Waals surface area contributed by atoms with Gasteiger partial charge in [0.05, 0.1) is 0 Å². The fraction of sp³-hybridized carbons (Fsp3) is 0.387. The van der Waals surface area contributed by atoms with Crippen LogP contribution in [0, 0.1) is 5.92 Å². The SMILES string of the molecule is CC(C)NCCc1ccc(CCN2CCC(C(C(N)=O)(c3ccccc3)c3ccccc3)C2)cc1. The van der Waals surface area contributed by atoms with Crippen LogP contribution in [0.1, 0.15) is 42.5 Å². The molecule has 3 N–H and O–H groups in total. The van der Waals surface area contributed by atoms with Crippen molar-refractivity contribution in [3.05, 3.63) is 107 Å². The molecule has 1 fully saturated rings. The minimum atomic E-state index is -0.817. The second-order valence-electron chi connectivity index (χ2n) is 10.1. The molecular weight excluding hydrogens is 430 g/mol. The molecule has 4 heteroatoms. The number of nitrogens with one attached hydrogen (secondary N) is 1. The van der Waals surface area contributed by atoms with Crippen molar-refractivity contribution >= 4 is 5.91 Å². The third-order valence-corrected chi connectivity index (χ3v) is 7.44. The molecule has 0 spiro atoms. The quantitative estimate of drug-likeness (QED) is 0.433. The fourth-order valence-corrected chi connectivity index (χ4v) is 5.58. The average Bonchev–Trinajstić information content (AvgIpc) is 3.34. The number of hydrogen-bond acceptors (Lipinski definition) is 3. The third kappa shape index (κ3) is 5.83. The van der Waals surface area contributed by atoms with Gasteiger partial charge >= 0.3 is 0 Å². The second kappa shape index (κ2) is 11.7. The standard InChI is InChI=1S/C31H39N3O/c1-24(2)33-20-17-25-13-15-26(16-14-25)18-21-34-22-19-29(23-34)31(30(32)35,27-9-5-3-6-10-27)28-11-7-4-8-12-28/h3-16,24,29,33H,17-23H2,1-2H3,(H2,32,35). The highest BCUT2D eigenvalue weighted by Gasteiger charge is 2.49. The van der Waals surface area contributed by atoms with Crippen LogP contribution in [0.3, 0.4) is 0 Å². The summed E-state index contributed by atoms with van der Waals surface area (Å²) in [6.07, 6.45) is 3.02. The Bertz CT molecular complexity index is 1020. The van der Waals surface area contributed by atoms with E-state index in [1.807, 2.05) is 36.4 Å². The van der Waals surface area contributed by atoms with Crippen molar-refractivity contribution in [2.45, 2.75) is 44.6 Å². The zero-order valence-electron chi connectivity index (χ0n) is 21.1. The normalized spacial score (nSPS) is 16.6. The van der Waals surface area contributed by atoms with Gasteiger partial charge in [-0.1, -0.05) is 98.8 Å². The van der Waals surface area contributed by atoms with Crippen LogP contribution in [-0.4, -0.2) is 43.0 Å². The number of likely N-dealkylation sites (tertiary alicyclic amines) is 1. The molecule has 1 heterocycles. The number of hydrogen-bond donors (Lipinski definition) is 2. The lowest BCUT2D eigenvalue weighted by molar-refractivity contribution is -0.123. The van der Waals surface area contributed by atoms with Crippen molar-refractivity contribution in [3.63, 3.8) is 0 Å². The van der Waals surface area contributed by atoms with Crippen molar-refractivity contribution < 1.29 is 4.79 Å². The first-order valence-electron chi connectivity index (χ1n) is 12.9. The van der Waals surface area contributed by atoms with Crippen LogP contribution in [0.2, 0.25) is 0 Å². The van der Waals surface area contributed by atoms with E-state index in [9.17, 15) is 4.79 Å². The molecule has 1 aliphatic heterocycles. The number of primary amides is 1. The van der Waals surface area contributed by atoms with Crippen LogP contribution < -0.4 is 11.1 Å². The maximum Gasteiger partial charge on any atom is 0.232 e. The van der Waals surface area contributed by atoms with E-state index in [4.69, 9.17) is 5.73 Å². The summed E-state index contributed by atoms with van der Waals surface area (Å²) in [7, 11) is 0. The molecule has 4 nitrogen and oxygen atoms in total. The first kappa shape index (κ1) is 25.2. The number of amides is 1. The predicted molar refractivity (Wildman–Crippen MR) is 144 cm³/mol. The Labute approximate surface area is 210 Å². The van der Waals surface area contributed by atoms with Gasteiger partial charge in [0.15, 0.2) is 0 Å². The summed E-state index contributed by atoms with van der Waals surface area (Å²) in [6.45, 7) is 8.21. The van der Waals surface area contributed by atoms with Crippen LogP contribution in [0.25, 0.3) is 0 Å². The largest absolute Gasteiger partial charge is 0.369 e. The lowest BCUT2D eigenvalue weighted by atomic mass is 9.64. The van der Waals surface area contributed by atoms with E-state index in [1.54, 1.807) is 0 Å². The molecule has 1 atom stereocenters. The van der Waals surface area contributed by atoms with Crippen molar-refractivity contribution in [2.75, 3.05) is 26.2 Å². The Balaban J connectivity index is 1.44. The first-order valence-corrected chi connectivity index (χ1v) is 12.9. The molecule has 0 radical (unpaired) electrons. The van der Waals surface area contributed by atoms with E-state index >= 15 is 0 Å². The van der Waals surface area contributed by atoms with Gasteiger partial charge in [0.1, 0.15) is 5.41 Å². The predicted octanol–water partition coefficient (Wildman–Crippen LogP) is 4.56. The lowest BCUT2D eigenvalue weighted by Crippen LogP contribution is -2.49. The number of carbonyl (C=O) groups excluding carboxylic acids is 1. The summed E-state index contributed by atoms with van der Waals surface area (Å²) >= 11 is 0. The van der Waals surface area contributed by atoms with E-state index in [1.165, 1.54) is 11.1 Å². The number of nitrogens with two attached hydrogens (primary N) is 1. The number of rotatable bonds is 11. The monoisotopic (exact) mass is 469 g/mol. The zero-order chi connectivity index (χ0) is 24.7. The molecule has 0 aromatic heterocycles. The minimum absolute atomic E-state index is 0.139. The first-order chi connectivity index (χ1) is 17.0. The van der Waals surface area contributed by atoms with Crippen molar-refractivity contribution in [2.24, 2.45) is 11.7 Å². The van der Waals surface area contributed by atoms with Gasteiger partial charge in [0.2, 0.25) is 5.91 Å². The van der Waals surface area contributed by atoms with Crippen LogP contribution in [0.15, 0.2) is 84.9 Å². The van der Waals surface area contributed by atoms with Gasteiger partial charge in [-0.2, -0.15) is 0 Å². The highest BCUT2D eigenvalue weighted by atomic mass is 16.1. The topological polar surface area (TPSA) is 58.4 Å². The summed E-state index contributed by atoms with van der Waals surface area (Å²) in [4.78, 5) is 15.7. The van der Waals surface area contributed by atoms with Gasteiger partial charge in [-0.25, -0.2) is 0 Å². The van der Waals surface area contributed by atoms with Gasteiger partial charge in [0, 0.05) is 19.1 Å². The Morgan fingerprint density at radius 3 is 1.97 bits per heavy atom. The van der Waals surface area contributed by atoms with Crippen LogP contribution >= 0.6 is 0 Å². The molecule has 0 aliphatic carbocycles. The summed E-state index contributed by atoms with van der Waals surface area (Å²) in [5.41, 5.74) is 10.1. The molecule has 1 amide bonds. The van der Waals surface area contributed by atoms with Crippen LogP contribution in [0.5, 0.6) is 0 Å². The molecule has 1 saturated heterocycles. The highest BCUT2D eigenvalue weighted by molar-refractivity contribution is 5.91. The maximum atomic E-state index is 13.2. The lowest BCUT2D eigenvalue weighted by Gasteiger charge is -2.37. The Hall–Kier alpha value is -2.95. The molecule has 1 aliphatic rings. The van der Waals surface area contributed by atoms with Crippen molar-refractivity contribution in [3.8, 4) is 0 Å². The Morgan fingerprint density at radius 2 is 1.46 bits per heavy atom. The van der Waals surface area contributed by atoms with E-state index in [2.05, 4.69) is 72.6 Å². The molecule has 3 aromatic rings. The molecule has 35 heavy (non-hydrogen) atoms. The van der Waals surface area contributed by atoms with Crippen molar-refractivity contribution in [1.82, 2.24) is 10.2 Å². The molecule has 4 rings (SSSR count). The van der Waals surface area contributed by atoms with Crippen LogP contribution in [0.4, 0.5) is 0 Å². The van der Waals surface area contributed by atoms with E-state index in [-0.39, 0.29) is 11.8 Å². The fourth-order valence-electron chi connectivity index (χ4n) is 5.58. The number of carbonyl (C=O) groups is 1. The Kier molecular flexibility index (Phi) is 8.37. The van der Waals surface area contributed by atoms with E-state index < -0.39 is 5.41 Å². The molecule has 0 bridgehead atoms.